The zero-order valence-electron chi connectivity index (χ0n) is 27.2. The standard InChI is InChI=1S/C34H38F2N6O7/c1-3-47-32(46)34-18-20(34)11-7-5-4-6-8-14-25(38-28(43)24-15-16-48-41-24)31(45)42-19-21(17-26(42)29(44)40-34)49-30-27(33(2,35)36)37-22-12-9-10-13-23(22)39-30/h7,9-13,15-16,20-21,25-26H,3-6,8,14,17-19H2,1-2H3,(H,38,43)(H,40,44). The Balaban J connectivity index is 1.33. The highest BCUT2D eigenvalue weighted by atomic mass is 19.3. The van der Waals surface area contributed by atoms with E-state index in [0.717, 1.165) is 19.3 Å². The van der Waals surface area contributed by atoms with Crippen molar-refractivity contribution in [1.29, 1.82) is 0 Å². The maximum absolute atomic E-state index is 14.8. The van der Waals surface area contributed by atoms with Gasteiger partial charge in [-0.2, -0.15) is 8.78 Å². The van der Waals surface area contributed by atoms with Crippen LogP contribution in [0.25, 0.3) is 11.0 Å². The molecule has 5 unspecified atom stereocenters. The van der Waals surface area contributed by atoms with Crippen LogP contribution in [0, 0.1) is 5.92 Å². The van der Waals surface area contributed by atoms with E-state index < -0.39 is 64.9 Å². The van der Waals surface area contributed by atoms with Gasteiger partial charge in [-0.15, -0.1) is 0 Å². The third-order valence-electron chi connectivity index (χ3n) is 9.09. The lowest BCUT2D eigenvalue weighted by atomic mass is 10.0. The van der Waals surface area contributed by atoms with E-state index in [2.05, 4.69) is 25.8 Å². The van der Waals surface area contributed by atoms with E-state index in [-0.39, 0.29) is 43.1 Å². The molecular formula is C34H38F2N6O7. The summed E-state index contributed by atoms with van der Waals surface area (Å²) in [5.41, 5.74) is -1.43. The van der Waals surface area contributed by atoms with E-state index >= 15 is 0 Å². The van der Waals surface area contributed by atoms with Crippen LogP contribution >= 0.6 is 0 Å². The van der Waals surface area contributed by atoms with Crippen LogP contribution in [0.5, 0.6) is 5.88 Å². The van der Waals surface area contributed by atoms with Gasteiger partial charge in [0.15, 0.2) is 11.4 Å². The Kier molecular flexibility index (Phi) is 9.61. The molecule has 49 heavy (non-hydrogen) atoms. The molecule has 0 spiro atoms. The summed E-state index contributed by atoms with van der Waals surface area (Å²) in [6.07, 6.45) is 7.52. The van der Waals surface area contributed by atoms with Crippen LogP contribution in [-0.4, -0.2) is 80.6 Å². The number of allylic oxidation sites excluding steroid dienone is 1. The number of amides is 3. The van der Waals surface area contributed by atoms with Gasteiger partial charge in [0.05, 0.1) is 24.2 Å². The number of ether oxygens (including phenoxy) is 2. The van der Waals surface area contributed by atoms with Gasteiger partial charge in [-0.25, -0.2) is 14.8 Å². The van der Waals surface area contributed by atoms with Gasteiger partial charge in [0, 0.05) is 25.3 Å². The highest BCUT2D eigenvalue weighted by Crippen LogP contribution is 2.46. The first-order chi connectivity index (χ1) is 23.5. The molecule has 2 aromatic heterocycles. The topological polar surface area (TPSA) is 166 Å². The molecule has 1 aromatic carbocycles. The fourth-order valence-electron chi connectivity index (χ4n) is 6.46. The van der Waals surface area contributed by atoms with Crippen molar-refractivity contribution in [2.24, 2.45) is 5.92 Å². The van der Waals surface area contributed by atoms with Crippen LogP contribution in [0.1, 0.15) is 75.0 Å². The summed E-state index contributed by atoms with van der Waals surface area (Å²) in [5, 5.41) is 9.25. The number of esters is 1. The van der Waals surface area contributed by atoms with Gasteiger partial charge in [-0.3, -0.25) is 14.4 Å². The number of para-hydroxylation sites is 2. The Labute approximate surface area is 280 Å². The fraction of sp³-hybridized carbons (Fsp3) is 0.500. The summed E-state index contributed by atoms with van der Waals surface area (Å²) in [6.45, 7) is 2.28. The SMILES string of the molecule is CCOC(=O)C12CC1C=CCCCCCC(NC(=O)c1ccon1)C(=O)N1CC(Oc3nc4ccccc4nc3C(C)(F)F)CC1C(=O)N2. The molecule has 0 radical (unpaired) electrons. The maximum atomic E-state index is 14.8. The van der Waals surface area contributed by atoms with Crippen molar-refractivity contribution in [1.82, 2.24) is 30.7 Å². The Hall–Kier alpha value is -4.95. The molecule has 1 aliphatic carbocycles. The quantitative estimate of drug-likeness (QED) is 0.277. The number of fused-ring (bicyclic) bond motifs is 3. The predicted octanol–water partition coefficient (Wildman–Crippen LogP) is 3.83. The number of halogens is 2. The molecular weight excluding hydrogens is 642 g/mol. The summed E-state index contributed by atoms with van der Waals surface area (Å²) >= 11 is 0. The van der Waals surface area contributed by atoms with Crippen molar-refractivity contribution in [3.05, 3.63) is 60.1 Å². The Morgan fingerprint density at radius 3 is 2.63 bits per heavy atom. The van der Waals surface area contributed by atoms with Crippen LogP contribution in [0.4, 0.5) is 8.78 Å². The molecule has 260 valence electrons. The number of aromatic nitrogens is 3. The van der Waals surface area contributed by atoms with Crippen LogP contribution in [0.15, 0.2) is 53.3 Å². The first-order valence-corrected chi connectivity index (χ1v) is 16.5. The second-order valence-electron chi connectivity index (χ2n) is 12.7. The van der Waals surface area contributed by atoms with E-state index in [0.29, 0.717) is 25.3 Å². The lowest BCUT2D eigenvalue weighted by Gasteiger charge is -2.29. The smallest absolute Gasteiger partial charge is 0.332 e. The molecule has 4 heterocycles. The zero-order valence-corrected chi connectivity index (χ0v) is 27.2. The van der Waals surface area contributed by atoms with Gasteiger partial charge in [0.25, 0.3) is 11.8 Å². The number of nitrogens with one attached hydrogen (secondary N) is 2. The average molecular weight is 681 g/mol. The van der Waals surface area contributed by atoms with Crippen LogP contribution in [0.2, 0.25) is 0 Å². The lowest BCUT2D eigenvalue weighted by molar-refractivity contribution is -0.150. The summed E-state index contributed by atoms with van der Waals surface area (Å²) < 4.78 is 45.8. The minimum Gasteiger partial charge on any atom is -0.471 e. The van der Waals surface area contributed by atoms with Crippen LogP contribution in [0.3, 0.4) is 0 Å². The van der Waals surface area contributed by atoms with Gasteiger partial charge >= 0.3 is 5.97 Å². The third kappa shape index (κ3) is 7.25. The fourth-order valence-corrected chi connectivity index (χ4v) is 6.46. The molecule has 2 N–H and O–H groups in total. The molecule has 13 nitrogen and oxygen atoms in total. The lowest BCUT2D eigenvalue weighted by Crippen LogP contribution is -2.56. The normalized spacial score (nSPS) is 26.2. The molecule has 1 saturated carbocycles. The van der Waals surface area contributed by atoms with Gasteiger partial charge < -0.3 is 29.5 Å². The number of carbonyl (C=O) groups excluding carboxylic acids is 4. The van der Waals surface area contributed by atoms with E-state index in [1.807, 2.05) is 12.2 Å². The van der Waals surface area contributed by atoms with Crippen LogP contribution in [-0.2, 0) is 25.0 Å². The largest absolute Gasteiger partial charge is 0.471 e. The van der Waals surface area contributed by atoms with E-state index in [1.165, 1.54) is 17.2 Å². The molecule has 2 fully saturated rings. The Morgan fingerprint density at radius 2 is 1.92 bits per heavy atom. The zero-order chi connectivity index (χ0) is 34.8. The highest BCUT2D eigenvalue weighted by molar-refractivity contribution is 5.98. The summed E-state index contributed by atoms with van der Waals surface area (Å²) in [7, 11) is 0. The number of benzene rings is 1. The molecule has 2 aliphatic heterocycles. The number of nitrogens with zero attached hydrogens (tertiary/aromatic N) is 4. The third-order valence-corrected chi connectivity index (χ3v) is 9.09. The molecule has 0 bridgehead atoms. The van der Waals surface area contributed by atoms with Crippen molar-refractivity contribution in [2.45, 2.75) is 88.4 Å². The molecule has 3 aromatic rings. The molecule has 3 amide bonds. The van der Waals surface area contributed by atoms with E-state index in [9.17, 15) is 28.0 Å². The average Bonchev–Trinajstić information content (AvgIpc) is 3.38. The Morgan fingerprint density at radius 1 is 1.14 bits per heavy atom. The number of alkyl halides is 2. The van der Waals surface area contributed by atoms with Gasteiger partial charge in [-0.1, -0.05) is 42.3 Å². The number of hydrogen-bond acceptors (Lipinski definition) is 10. The van der Waals surface area contributed by atoms with Crippen molar-refractivity contribution in [3.63, 3.8) is 0 Å². The van der Waals surface area contributed by atoms with Crippen molar-refractivity contribution in [2.75, 3.05) is 13.2 Å². The summed E-state index contributed by atoms with van der Waals surface area (Å²) in [6, 6.07) is 5.65. The van der Waals surface area contributed by atoms with Crippen LogP contribution < -0.4 is 15.4 Å². The van der Waals surface area contributed by atoms with E-state index in [4.69, 9.17) is 14.0 Å². The maximum Gasteiger partial charge on any atom is 0.332 e. The summed E-state index contributed by atoms with van der Waals surface area (Å²) in [5.74, 6) is -6.55. The van der Waals surface area contributed by atoms with Crippen molar-refractivity contribution < 1.29 is 42.0 Å². The number of rotatable bonds is 7. The monoisotopic (exact) mass is 680 g/mol. The van der Waals surface area contributed by atoms with Gasteiger partial charge in [0.1, 0.15) is 30.0 Å². The first-order valence-electron chi connectivity index (χ1n) is 16.5. The Bertz CT molecular complexity index is 1750. The van der Waals surface area contributed by atoms with Gasteiger partial charge in [0.2, 0.25) is 17.7 Å². The predicted molar refractivity (Wildman–Crippen MR) is 169 cm³/mol. The van der Waals surface area contributed by atoms with Gasteiger partial charge in [-0.05, 0) is 44.7 Å². The van der Waals surface area contributed by atoms with E-state index in [1.54, 1.807) is 31.2 Å². The highest BCUT2D eigenvalue weighted by Gasteiger charge is 2.62. The minimum absolute atomic E-state index is 0.0233. The minimum atomic E-state index is -3.42. The van der Waals surface area contributed by atoms with Crippen molar-refractivity contribution in [3.8, 4) is 5.88 Å². The molecule has 6 rings (SSSR count). The second-order valence-corrected chi connectivity index (χ2v) is 12.7. The molecule has 5 atom stereocenters. The molecule has 15 heteroatoms. The number of carbonyl (C=O) groups is 4. The second kappa shape index (κ2) is 13.9. The number of hydrogen-bond donors (Lipinski definition) is 2. The molecule has 3 aliphatic rings. The molecule has 1 saturated heterocycles. The van der Waals surface area contributed by atoms with Crippen molar-refractivity contribution >= 4 is 34.7 Å². The summed E-state index contributed by atoms with van der Waals surface area (Å²) in [4.78, 5) is 64.3. The first kappa shape index (κ1) is 33.9.